The highest BCUT2D eigenvalue weighted by molar-refractivity contribution is 6.33. The van der Waals surface area contributed by atoms with Crippen molar-refractivity contribution in [3.05, 3.63) is 28.3 Å². The number of rotatable bonds is 2. The van der Waals surface area contributed by atoms with Gasteiger partial charge in [0.1, 0.15) is 5.75 Å². The van der Waals surface area contributed by atoms with Gasteiger partial charge in [-0.05, 0) is 25.1 Å². The number of carbonyl (C=O) groups excluding carboxylic acids is 1. The summed E-state index contributed by atoms with van der Waals surface area (Å²) in [5.41, 5.74) is 5.21. The van der Waals surface area contributed by atoms with Crippen molar-refractivity contribution in [2.24, 2.45) is 0 Å². The maximum atomic E-state index is 13.0. The van der Waals surface area contributed by atoms with E-state index in [2.05, 4.69) is 4.74 Å². The molecular formula is C13H11ClF3NO3. The molecule has 0 bridgehead atoms. The molecule has 21 heavy (non-hydrogen) atoms. The number of benzene rings is 1. The van der Waals surface area contributed by atoms with Gasteiger partial charge in [-0.3, -0.25) is 0 Å². The molecule has 8 heteroatoms. The van der Waals surface area contributed by atoms with Crippen molar-refractivity contribution in [2.45, 2.75) is 19.2 Å². The number of alkyl halides is 3. The molecule has 1 aromatic carbocycles. The molecule has 0 amide bonds. The van der Waals surface area contributed by atoms with Gasteiger partial charge in [0.2, 0.25) is 6.10 Å². The summed E-state index contributed by atoms with van der Waals surface area (Å²) in [7, 11) is 0. The number of carbonyl (C=O) groups is 1. The maximum Gasteiger partial charge on any atom is 0.430 e. The van der Waals surface area contributed by atoms with E-state index in [9.17, 15) is 18.0 Å². The van der Waals surface area contributed by atoms with E-state index in [4.69, 9.17) is 22.1 Å². The molecule has 1 aliphatic rings. The quantitative estimate of drug-likeness (QED) is 0.671. The molecular weight excluding hydrogens is 311 g/mol. The van der Waals surface area contributed by atoms with E-state index in [-0.39, 0.29) is 28.6 Å². The highest BCUT2D eigenvalue weighted by Crippen LogP contribution is 2.41. The van der Waals surface area contributed by atoms with Gasteiger partial charge in [-0.25, -0.2) is 4.79 Å². The van der Waals surface area contributed by atoms with E-state index in [1.54, 1.807) is 0 Å². The molecule has 4 nitrogen and oxygen atoms in total. The predicted octanol–water partition coefficient (Wildman–Crippen LogP) is 3.19. The predicted molar refractivity (Wildman–Crippen MR) is 70.9 cm³/mol. The molecule has 0 aliphatic carbocycles. The zero-order chi connectivity index (χ0) is 15.8. The van der Waals surface area contributed by atoms with Crippen LogP contribution in [0.25, 0.3) is 6.08 Å². The largest absolute Gasteiger partial charge is 0.475 e. The average molecular weight is 322 g/mol. The Morgan fingerprint density at radius 3 is 2.71 bits per heavy atom. The molecule has 114 valence electrons. The summed E-state index contributed by atoms with van der Waals surface area (Å²) in [6.07, 6.45) is -6.15. The Morgan fingerprint density at radius 2 is 2.14 bits per heavy atom. The van der Waals surface area contributed by atoms with Gasteiger partial charge in [0.25, 0.3) is 0 Å². The summed E-state index contributed by atoms with van der Waals surface area (Å²) in [5.74, 6) is -1.20. The number of esters is 1. The van der Waals surface area contributed by atoms with E-state index in [1.165, 1.54) is 19.1 Å². The van der Waals surface area contributed by atoms with E-state index in [1.807, 2.05) is 0 Å². The summed E-state index contributed by atoms with van der Waals surface area (Å²) < 4.78 is 48.6. The SMILES string of the molecule is CCOC(=O)C1=Cc2c(ccc(Cl)c2N)OC1C(F)(F)F. The van der Waals surface area contributed by atoms with Gasteiger partial charge in [-0.15, -0.1) is 0 Å². The van der Waals surface area contributed by atoms with Crippen molar-refractivity contribution in [1.82, 2.24) is 0 Å². The summed E-state index contributed by atoms with van der Waals surface area (Å²) in [4.78, 5) is 11.7. The van der Waals surface area contributed by atoms with Gasteiger partial charge in [0.05, 0.1) is 22.9 Å². The standard InChI is InChI=1S/C13H11ClF3NO3/c1-2-20-12(19)7-5-6-9(4-3-8(14)10(6)18)21-11(7)13(15,16)17/h3-5,11H,2,18H2,1H3. The molecule has 0 aromatic heterocycles. The third-order valence-electron chi connectivity index (χ3n) is 2.83. The van der Waals surface area contributed by atoms with Crippen LogP contribution in [-0.4, -0.2) is 24.9 Å². The van der Waals surface area contributed by atoms with Crippen LogP contribution >= 0.6 is 11.6 Å². The van der Waals surface area contributed by atoms with Crippen molar-refractivity contribution in [3.8, 4) is 5.75 Å². The van der Waals surface area contributed by atoms with Crippen molar-refractivity contribution >= 4 is 29.3 Å². The van der Waals surface area contributed by atoms with Crippen LogP contribution in [0, 0.1) is 0 Å². The van der Waals surface area contributed by atoms with Crippen LogP contribution in [0.1, 0.15) is 12.5 Å². The molecule has 1 heterocycles. The molecule has 1 aromatic rings. The summed E-state index contributed by atoms with van der Waals surface area (Å²) in [5, 5.41) is 0.155. The fourth-order valence-corrected chi connectivity index (χ4v) is 2.05. The second-order valence-electron chi connectivity index (χ2n) is 4.23. The normalized spacial score (nSPS) is 17.6. The van der Waals surface area contributed by atoms with Gasteiger partial charge in [-0.1, -0.05) is 11.6 Å². The van der Waals surface area contributed by atoms with Crippen LogP contribution in [0.15, 0.2) is 17.7 Å². The third kappa shape index (κ3) is 2.92. The first kappa shape index (κ1) is 15.5. The van der Waals surface area contributed by atoms with Crippen LogP contribution in [0.3, 0.4) is 0 Å². The van der Waals surface area contributed by atoms with E-state index >= 15 is 0 Å². The lowest BCUT2D eigenvalue weighted by atomic mass is 10.00. The lowest BCUT2D eigenvalue weighted by Crippen LogP contribution is -2.40. The zero-order valence-corrected chi connectivity index (χ0v) is 11.6. The Morgan fingerprint density at radius 1 is 1.48 bits per heavy atom. The highest BCUT2D eigenvalue weighted by atomic mass is 35.5. The number of nitrogen functional groups attached to an aromatic ring is 1. The monoisotopic (exact) mass is 321 g/mol. The zero-order valence-electron chi connectivity index (χ0n) is 10.8. The number of fused-ring (bicyclic) bond motifs is 1. The van der Waals surface area contributed by atoms with Crippen LogP contribution in [-0.2, 0) is 9.53 Å². The number of nitrogens with two attached hydrogens (primary N) is 1. The van der Waals surface area contributed by atoms with Gasteiger partial charge >= 0.3 is 12.1 Å². The molecule has 2 N–H and O–H groups in total. The molecule has 1 unspecified atom stereocenters. The lowest BCUT2D eigenvalue weighted by Gasteiger charge is -2.28. The Hall–Kier alpha value is -1.89. The lowest BCUT2D eigenvalue weighted by molar-refractivity contribution is -0.187. The van der Waals surface area contributed by atoms with Crippen LogP contribution in [0.4, 0.5) is 18.9 Å². The smallest absolute Gasteiger partial charge is 0.430 e. The highest BCUT2D eigenvalue weighted by Gasteiger charge is 2.49. The minimum atomic E-state index is -4.76. The number of hydrogen-bond acceptors (Lipinski definition) is 4. The fourth-order valence-electron chi connectivity index (χ4n) is 1.89. The van der Waals surface area contributed by atoms with Gasteiger partial charge in [0.15, 0.2) is 0 Å². The Kier molecular flexibility index (Phi) is 4.04. The summed E-state index contributed by atoms with van der Waals surface area (Å²) >= 11 is 5.81. The molecule has 1 aliphatic heterocycles. The number of anilines is 1. The second-order valence-corrected chi connectivity index (χ2v) is 4.64. The molecule has 1 atom stereocenters. The first-order chi connectivity index (χ1) is 9.75. The second kappa shape index (κ2) is 5.48. The Bertz CT molecular complexity index is 613. The molecule has 0 radical (unpaired) electrons. The molecule has 0 fully saturated rings. The van der Waals surface area contributed by atoms with Crippen molar-refractivity contribution in [3.63, 3.8) is 0 Å². The van der Waals surface area contributed by atoms with Crippen molar-refractivity contribution in [1.29, 1.82) is 0 Å². The molecule has 0 spiro atoms. The first-order valence-electron chi connectivity index (χ1n) is 5.95. The maximum absolute atomic E-state index is 13.0. The van der Waals surface area contributed by atoms with Crippen molar-refractivity contribution < 1.29 is 27.4 Å². The van der Waals surface area contributed by atoms with E-state index in [0.717, 1.165) is 6.08 Å². The molecule has 2 rings (SSSR count). The Labute approximate surface area is 123 Å². The fraction of sp³-hybridized carbons (Fsp3) is 0.308. The van der Waals surface area contributed by atoms with Crippen LogP contribution in [0.5, 0.6) is 5.75 Å². The van der Waals surface area contributed by atoms with Crippen molar-refractivity contribution in [2.75, 3.05) is 12.3 Å². The van der Waals surface area contributed by atoms with Gasteiger partial charge in [0, 0.05) is 5.56 Å². The molecule has 0 saturated heterocycles. The van der Waals surface area contributed by atoms with Gasteiger partial charge < -0.3 is 15.2 Å². The topological polar surface area (TPSA) is 61.5 Å². The number of hydrogen-bond donors (Lipinski definition) is 1. The summed E-state index contributed by atoms with van der Waals surface area (Å²) in [6, 6.07) is 2.59. The van der Waals surface area contributed by atoms with E-state index in [0.29, 0.717) is 0 Å². The van der Waals surface area contributed by atoms with Gasteiger partial charge in [-0.2, -0.15) is 13.2 Å². The third-order valence-corrected chi connectivity index (χ3v) is 3.16. The van der Waals surface area contributed by atoms with Crippen LogP contribution < -0.4 is 10.5 Å². The van der Waals surface area contributed by atoms with Crippen LogP contribution in [0.2, 0.25) is 5.02 Å². The Balaban J connectivity index is 2.56. The average Bonchev–Trinajstić information content (AvgIpc) is 2.41. The summed E-state index contributed by atoms with van der Waals surface area (Å²) in [6.45, 7) is 1.43. The number of halogens is 4. The molecule has 0 saturated carbocycles. The number of ether oxygens (including phenoxy) is 2. The first-order valence-corrected chi connectivity index (χ1v) is 6.33. The minimum Gasteiger partial charge on any atom is -0.475 e. The van der Waals surface area contributed by atoms with E-state index < -0.39 is 23.8 Å². The minimum absolute atomic E-state index is 0.0385.